The van der Waals surface area contributed by atoms with Gasteiger partial charge in [-0.2, -0.15) is 0 Å². The number of rotatable bonds is 4. The number of nitrogens with zero attached hydrogens (tertiary/aromatic N) is 1. The van der Waals surface area contributed by atoms with Crippen LogP contribution in [0.2, 0.25) is 0 Å². The predicted molar refractivity (Wildman–Crippen MR) is 66.4 cm³/mol. The number of hydrogen-bond acceptors (Lipinski definition) is 5. The van der Waals surface area contributed by atoms with E-state index in [0.29, 0.717) is 18.7 Å². The fourth-order valence-electron chi connectivity index (χ4n) is 2.01. The topological polar surface area (TPSA) is 96.4 Å². The lowest BCUT2D eigenvalue weighted by molar-refractivity contribution is 0.0691. The normalized spacial score (nSPS) is 21.7. The molecule has 1 aromatic heterocycles. The summed E-state index contributed by atoms with van der Waals surface area (Å²) >= 11 is 0. The second-order valence-corrected chi connectivity index (χ2v) is 6.58. The second kappa shape index (κ2) is 4.93. The number of pyridine rings is 1. The van der Waals surface area contributed by atoms with Crippen molar-refractivity contribution < 1.29 is 18.3 Å². The Morgan fingerprint density at radius 2 is 2.33 bits per heavy atom. The largest absolute Gasteiger partial charge is 0.476 e. The van der Waals surface area contributed by atoms with Crippen molar-refractivity contribution >= 4 is 21.5 Å². The van der Waals surface area contributed by atoms with Gasteiger partial charge in [-0.1, -0.05) is 0 Å². The summed E-state index contributed by atoms with van der Waals surface area (Å²) in [5, 5.41) is 11.9. The number of nitrogens with one attached hydrogen (secondary N) is 1. The van der Waals surface area contributed by atoms with E-state index in [4.69, 9.17) is 5.11 Å². The molecule has 2 N–H and O–H groups in total. The maximum absolute atomic E-state index is 11.3. The molecule has 1 aromatic rings. The van der Waals surface area contributed by atoms with E-state index in [0.717, 1.165) is 0 Å². The Kier molecular flexibility index (Phi) is 3.51. The molecule has 1 atom stereocenters. The zero-order valence-electron chi connectivity index (χ0n) is 9.67. The van der Waals surface area contributed by atoms with E-state index in [9.17, 15) is 13.2 Å². The minimum absolute atomic E-state index is 0.0388. The number of anilines is 1. The number of carbonyl (C=O) groups is 1. The lowest BCUT2D eigenvalue weighted by Gasteiger charge is -2.12. The van der Waals surface area contributed by atoms with E-state index < -0.39 is 15.8 Å². The van der Waals surface area contributed by atoms with Crippen molar-refractivity contribution in [2.24, 2.45) is 5.92 Å². The fourth-order valence-corrected chi connectivity index (χ4v) is 3.87. The van der Waals surface area contributed by atoms with Crippen molar-refractivity contribution in [3.8, 4) is 0 Å². The van der Waals surface area contributed by atoms with Crippen molar-refractivity contribution in [2.45, 2.75) is 6.42 Å². The Balaban J connectivity index is 2.01. The molecule has 1 aliphatic heterocycles. The fraction of sp³-hybridized carbons (Fsp3) is 0.455. The van der Waals surface area contributed by atoms with Crippen molar-refractivity contribution in [2.75, 3.05) is 23.4 Å². The molecule has 18 heavy (non-hydrogen) atoms. The summed E-state index contributed by atoms with van der Waals surface area (Å²) < 4.78 is 22.6. The van der Waals surface area contributed by atoms with Gasteiger partial charge in [-0.25, -0.2) is 18.2 Å². The maximum atomic E-state index is 11.3. The van der Waals surface area contributed by atoms with E-state index in [-0.39, 0.29) is 23.1 Å². The van der Waals surface area contributed by atoms with Gasteiger partial charge in [0.05, 0.1) is 17.2 Å². The summed E-state index contributed by atoms with van der Waals surface area (Å²) in [4.78, 5) is 14.7. The van der Waals surface area contributed by atoms with Crippen LogP contribution in [-0.2, 0) is 9.84 Å². The third-order valence-corrected chi connectivity index (χ3v) is 4.76. The molecule has 0 bridgehead atoms. The number of carboxylic acids is 1. The Labute approximate surface area is 105 Å². The van der Waals surface area contributed by atoms with Gasteiger partial charge < -0.3 is 10.4 Å². The molecule has 0 amide bonds. The molecule has 0 saturated carbocycles. The van der Waals surface area contributed by atoms with Crippen LogP contribution in [0.25, 0.3) is 0 Å². The van der Waals surface area contributed by atoms with Crippen molar-refractivity contribution in [1.29, 1.82) is 0 Å². The van der Waals surface area contributed by atoms with Crippen molar-refractivity contribution in [1.82, 2.24) is 4.98 Å². The quantitative estimate of drug-likeness (QED) is 0.833. The van der Waals surface area contributed by atoms with Gasteiger partial charge in [-0.3, -0.25) is 0 Å². The van der Waals surface area contributed by atoms with Crippen LogP contribution < -0.4 is 5.32 Å². The molecule has 1 aliphatic rings. The van der Waals surface area contributed by atoms with Gasteiger partial charge in [0, 0.05) is 12.7 Å². The highest BCUT2D eigenvalue weighted by molar-refractivity contribution is 7.91. The van der Waals surface area contributed by atoms with Crippen molar-refractivity contribution in [3.63, 3.8) is 0 Å². The van der Waals surface area contributed by atoms with Crippen LogP contribution in [0.4, 0.5) is 5.69 Å². The first-order chi connectivity index (χ1) is 8.48. The van der Waals surface area contributed by atoms with Crippen molar-refractivity contribution in [3.05, 3.63) is 24.0 Å². The second-order valence-electron chi connectivity index (χ2n) is 4.35. The lowest BCUT2D eigenvalue weighted by atomic mass is 10.1. The molecule has 1 fully saturated rings. The first-order valence-corrected chi connectivity index (χ1v) is 7.43. The molecule has 98 valence electrons. The summed E-state index contributed by atoms with van der Waals surface area (Å²) in [7, 11) is -2.90. The first-order valence-electron chi connectivity index (χ1n) is 5.60. The van der Waals surface area contributed by atoms with E-state index in [1.165, 1.54) is 6.20 Å². The summed E-state index contributed by atoms with van der Waals surface area (Å²) in [6, 6.07) is 3.26. The molecular weight excluding hydrogens is 256 g/mol. The summed E-state index contributed by atoms with van der Waals surface area (Å²) in [5.74, 6) is -0.671. The van der Waals surface area contributed by atoms with Gasteiger partial charge in [0.25, 0.3) is 0 Å². The molecular formula is C11H14N2O4S. The molecule has 2 heterocycles. The average molecular weight is 270 g/mol. The molecule has 1 saturated heterocycles. The molecule has 2 rings (SSSR count). The highest BCUT2D eigenvalue weighted by Gasteiger charge is 2.27. The number of hydrogen-bond donors (Lipinski definition) is 2. The van der Waals surface area contributed by atoms with Crippen LogP contribution in [0.15, 0.2) is 18.3 Å². The smallest absolute Gasteiger partial charge is 0.356 e. The highest BCUT2D eigenvalue weighted by Crippen LogP contribution is 2.20. The summed E-state index contributed by atoms with van der Waals surface area (Å²) in [5.41, 5.74) is 0.382. The van der Waals surface area contributed by atoms with Crippen LogP contribution in [0.1, 0.15) is 16.9 Å². The minimum atomic E-state index is -2.90. The number of aromatic nitrogens is 1. The zero-order chi connectivity index (χ0) is 13.2. The molecule has 6 nitrogen and oxygen atoms in total. The Morgan fingerprint density at radius 3 is 2.94 bits per heavy atom. The molecule has 0 aromatic carbocycles. The van der Waals surface area contributed by atoms with Gasteiger partial charge in [-0.15, -0.1) is 0 Å². The SMILES string of the molecule is O=C(O)c1ncccc1NCC1CCS(=O)(=O)C1. The monoisotopic (exact) mass is 270 g/mol. The van der Waals surface area contributed by atoms with Gasteiger partial charge in [-0.05, 0) is 24.5 Å². The van der Waals surface area contributed by atoms with E-state index in [1.54, 1.807) is 12.1 Å². The van der Waals surface area contributed by atoms with Crippen LogP contribution in [0, 0.1) is 5.92 Å². The lowest BCUT2D eigenvalue weighted by Crippen LogP contribution is -2.17. The summed E-state index contributed by atoms with van der Waals surface area (Å²) in [6.07, 6.45) is 2.03. The third kappa shape index (κ3) is 2.98. The van der Waals surface area contributed by atoms with E-state index in [2.05, 4.69) is 10.3 Å². The van der Waals surface area contributed by atoms with E-state index in [1.807, 2.05) is 0 Å². The van der Waals surface area contributed by atoms with Gasteiger partial charge >= 0.3 is 5.97 Å². The van der Waals surface area contributed by atoms with Gasteiger partial charge in [0.15, 0.2) is 15.5 Å². The number of carboxylic acid groups (broad SMARTS) is 1. The first kappa shape index (κ1) is 12.8. The molecule has 0 radical (unpaired) electrons. The van der Waals surface area contributed by atoms with Gasteiger partial charge in [0.1, 0.15) is 0 Å². The zero-order valence-corrected chi connectivity index (χ0v) is 10.5. The molecule has 0 spiro atoms. The average Bonchev–Trinajstić information content (AvgIpc) is 2.66. The Bertz CT molecular complexity index is 556. The maximum Gasteiger partial charge on any atom is 0.356 e. The van der Waals surface area contributed by atoms with Crippen LogP contribution in [0.5, 0.6) is 0 Å². The minimum Gasteiger partial charge on any atom is -0.476 e. The predicted octanol–water partition coefficient (Wildman–Crippen LogP) is 0.626. The van der Waals surface area contributed by atoms with Crippen LogP contribution >= 0.6 is 0 Å². The highest BCUT2D eigenvalue weighted by atomic mass is 32.2. The number of sulfone groups is 1. The Morgan fingerprint density at radius 1 is 1.56 bits per heavy atom. The molecule has 7 heteroatoms. The summed E-state index contributed by atoms with van der Waals surface area (Å²) in [6.45, 7) is 0.450. The van der Waals surface area contributed by atoms with E-state index >= 15 is 0 Å². The third-order valence-electron chi connectivity index (χ3n) is 2.92. The van der Waals surface area contributed by atoms with Crippen LogP contribution in [0.3, 0.4) is 0 Å². The molecule has 1 unspecified atom stereocenters. The number of aromatic carboxylic acids is 1. The molecule has 0 aliphatic carbocycles. The van der Waals surface area contributed by atoms with Gasteiger partial charge in [0.2, 0.25) is 0 Å². The standard InChI is InChI=1S/C11H14N2O4S/c14-11(15)10-9(2-1-4-12-10)13-6-8-3-5-18(16,17)7-8/h1-2,4,8,13H,3,5-7H2,(H,14,15). The van der Waals surface area contributed by atoms with Crippen LogP contribution in [-0.4, -0.2) is 42.5 Å². The Hall–Kier alpha value is -1.63.